The van der Waals surface area contributed by atoms with E-state index in [1.165, 1.54) is 5.56 Å². The average Bonchev–Trinajstić information content (AvgIpc) is 2.25. The molecule has 0 atom stereocenters. The predicted molar refractivity (Wildman–Crippen MR) is 68.0 cm³/mol. The second-order valence-electron chi connectivity index (χ2n) is 3.94. The van der Waals surface area contributed by atoms with Gasteiger partial charge in [0.05, 0.1) is 0 Å². The first-order chi connectivity index (χ1) is 7.58. The van der Waals surface area contributed by atoms with Gasteiger partial charge in [0.2, 0.25) is 0 Å². The maximum absolute atomic E-state index is 9.61. The zero-order valence-electron chi connectivity index (χ0n) is 9.29. The van der Waals surface area contributed by atoms with Crippen molar-refractivity contribution in [2.45, 2.75) is 13.8 Å². The fourth-order valence-electron chi connectivity index (χ4n) is 1.77. The molecule has 0 aromatic heterocycles. The number of halogens is 1. The Kier molecular flexibility index (Phi) is 2.88. The lowest BCUT2D eigenvalue weighted by Gasteiger charge is -2.10. The molecule has 2 rings (SSSR count). The van der Waals surface area contributed by atoms with E-state index < -0.39 is 0 Å². The Labute approximate surface area is 100 Å². The lowest BCUT2D eigenvalue weighted by atomic mass is 9.97. The summed E-state index contributed by atoms with van der Waals surface area (Å²) in [6, 6.07) is 11.2. The molecule has 0 bridgehead atoms. The van der Waals surface area contributed by atoms with Crippen LogP contribution in [0.25, 0.3) is 11.1 Å². The van der Waals surface area contributed by atoms with Gasteiger partial charge in [0, 0.05) is 5.02 Å². The molecule has 2 aromatic carbocycles. The molecule has 0 saturated carbocycles. The molecule has 0 spiro atoms. The number of hydrogen-bond donors (Lipinski definition) is 1. The Morgan fingerprint density at radius 3 is 2.25 bits per heavy atom. The molecule has 1 nitrogen and oxygen atoms in total. The molecular weight excluding hydrogens is 220 g/mol. The van der Waals surface area contributed by atoms with E-state index in [0.717, 1.165) is 21.7 Å². The number of benzene rings is 2. The van der Waals surface area contributed by atoms with E-state index in [4.69, 9.17) is 11.6 Å². The summed E-state index contributed by atoms with van der Waals surface area (Å²) in [6.07, 6.45) is 0. The molecule has 1 N–H and O–H groups in total. The van der Waals surface area contributed by atoms with Crippen LogP contribution in [0.5, 0.6) is 5.75 Å². The highest BCUT2D eigenvalue weighted by atomic mass is 35.5. The van der Waals surface area contributed by atoms with E-state index >= 15 is 0 Å². The van der Waals surface area contributed by atoms with Gasteiger partial charge in [-0.15, -0.1) is 0 Å². The van der Waals surface area contributed by atoms with Crippen molar-refractivity contribution < 1.29 is 5.11 Å². The van der Waals surface area contributed by atoms with Crippen molar-refractivity contribution in [3.63, 3.8) is 0 Å². The van der Waals surface area contributed by atoms with Gasteiger partial charge in [-0.1, -0.05) is 23.7 Å². The fraction of sp³-hybridized carbons (Fsp3) is 0.143. The standard InChI is InChI=1S/C14H13ClO/c1-9-7-13(16)8-14(10(9)2)11-3-5-12(15)6-4-11/h3-8,16H,1-2H3. The third-order valence-electron chi connectivity index (χ3n) is 2.81. The highest BCUT2D eigenvalue weighted by molar-refractivity contribution is 6.30. The van der Waals surface area contributed by atoms with E-state index in [1.54, 1.807) is 12.1 Å². The van der Waals surface area contributed by atoms with Crippen LogP contribution < -0.4 is 0 Å². The van der Waals surface area contributed by atoms with Gasteiger partial charge in [0.15, 0.2) is 0 Å². The molecule has 2 aromatic rings. The van der Waals surface area contributed by atoms with Crippen LogP contribution in [0.2, 0.25) is 5.02 Å². The molecule has 82 valence electrons. The quantitative estimate of drug-likeness (QED) is 0.776. The van der Waals surface area contributed by atoms with Crippen molar-refractivity contribution in [3.05, 3.63) is 52.5 Å². The van der Waals surface area contributed by atoms with E-state index in [1.807, 2.05) is 31.2 Å². The van der Waals surface area contributed by atoms with Crippen LogP contribution in [-0.4, -0.2) is 5.11 Å². The third-order valence-corrected chi connectivity index (χ3v) is 3.06. The van der Waals surface area contributed by atoms with Crippen LogP contribution in [0.3, 0.4) is 0 Å². The molecule has 0 saturated heterocycles. The van der Waals surface area contributed by atoms with Crippen LogP contribution in [0.4, 0.5) is 0 Å². The van der Waals surface area contributed by atoms with Gasteiger partial charge in [-0.2, -0.15) is 0 Å². The summed E-state index contributed by atoms with van der Waals surface area (Å²) in [5.74, 6) is 0.299. The molecule has 2 heteroatoms. The first-order valence-corrected chi connectivity index (χ1v) is 5.52. The fourth-order valence-corrected chi connectivity index (χ4v) is 1.90. The van der Waals surface area contributed by atoms with Crippen molar-refractivity contribution in [2.24, 2.45) is 0 Å². The summed E-state index contributed by atoms with van der Waals surface area (Å²) < 4.78 is 0. The highest BCUT2D eigenvalue weighted by Crippen LogP contribution is 2.30. The van der Waals surface area contributed by atoms with Gasteiger partial charge < -0.3 is 5.11 Å². The van der Waals surface area contributed by atoms with Crippen LogP contribution in [0.1, 0.15) is 11.1 Å². The third kappa shape index (κ3) is 2.05. The second-order valence-corrected chi connectivity index (χ2v) is 4.38. The first kappa shape index (κ1) is 11.0. The topological polar surface area (TPSA) is 20.2 Å². The second kappa shape index (κ2) is 4.18. The van der Waals surface area contributed by atoms with Crippen LogP contribution in [-0.2, 0) is 0 Å². The SMILES string of the molecule is Cc1cc(O)cc(-c2ccc(Cl)cc2)c1C. The number of aromatic hydroxyl groups is 1. The molecule has 0 amide bonds. The van der Waals surface area contributed by atoms with E-state index in [-0.39, 0.29) is 0 Å². The maximum atomic E-state index is 9.61. The zero-order valence-corrected chi connectivity index (χ0v) is 10.0. The zero-order chi connectivity index (χ0) is 11.7. The van der Waals surface area contributed by atoms with Crippen molar-refractivity contribution in [3.8, 4) is 16.9 Å². The van der Waals surface area contributed by atoms with E-state index in [2.05, 4.69) is 6.92 Å². The largest absolute Gasteiger partial charge is 0.508 e. The highest BCUT2D eigenvalue weighted by Gasteiger charge is 2.06. The number of phenolic OH excluding ortho intramolecular Hbond substituents is 1. The molecular formula is C14H13ClO. The van der Waals surface area contributed by atoms with Gasteiger partial charge in [0.25, 0.3) is 0 Å². The normalized spacial score (nSPS) is 10.4. The Morgan fingerprint density at radius 2 is 1.62 bits per heavy atom. The van der Waals surface area contributed by atoms with Gasteiger partial charge in [-0.25, -0.2) is 0 Å². The molecule has 0 aliphatic rings. The Hall–Kier alpha value is -1.47. The van der Waals surface area contributed by atoms with Gasteiger partial charge in [-0.05, 0) is 60.4 Å². The summed E-state index contributed by atoms with van der Waals surface area (Å²) in [7, 11) is 0. The number of aryl methyl sites for hydroxylation is 1. The molecule has 16 heavy (non-hydrogen) atoms. The van der Waals surface area contributed by atoms with Crippen molar-refractivity contribution >= 4 is 11.6 Å². The van der Waals surface area contributed by atoms with Crippen LogP contribution in [0.15, 0.2) is 36.4 Å². The van der Waals surface area contributed by atoms with Crippen molar-refractivity contribution in [2.75, 3.05) is 0 Å². The Balaban J connectivity index is 2.59. The van der Waals surface area contributed by atoms with Crippen LogP contribution in [0, 0.1) is 13.8 Å². The van der Waals surface area contributed by atoms with Gasteiger partial charge in [-0.3, -0.25) is 0 Å². The molecule has 0 aliphatic heterocycles. The molecule has 0 radical (unpaired) electrons. The Bertz CT molecular complexity index is 515. The maximum Gasteiger partial charge on any atom is 0.116 e. The smallest absolute Gasteiger partial charge is 0.116 e. The predicted octanol–water partition coefficient (Wildman–Crippen LogP) is 4.33. The summed E-state index contributed by atoms with van der Waals surface area (Å²) in [4.78, 5) is 0. The minimum atomic E-state index is 0.299. The Morgan fingerprint density at radius 1 is 1.00 bits per heavy atom. The summed E-state index contributed by atoms with van der Waals surface area (Å²) in [6.45, 7) is 4.05. The lowest BCUT2D eigenvalue weighted by molar-refractivity contribution is 0.475. The summed E-state index contributed by atoms with van der Waals surface area (Å²) >= 11 is 5.85. The molecule has 0 unspecified atom stereocenters. The van der Waals surface area contributed by atoms with Gasteiger partial charge in [0.1, 0.15) is 5.75 Å². The summed E-state index contributed by atoms with van der Waals surface area (Å²) in [5, 5.41) is 10.3. The van der Waals surface area contributed by atoms with Gasteiger partial charge >= 0.3 is 0 Å². The molecule has 0 aliphatic carbocycles. The number of phenols is 1. The number of rotatable bonds is 1. The van der Waals surface area contributed by atoms with Crippen LogP contribution >= 0.6 is 11.6 Å². The monoisotopic (exact) mass is 232 g/mol. The van der Waals surface area contributed by atoms with Crippen molar-refractivity contribution in [1.29, 1.82) is 0 Å². The minimum Gasteiger partial charge on any atom is -0.508 e. The van der Waals surface area contributed by atoms with E-state index in [0.29, 0.717) is 5.75 Å². The molecule has 0 heterocycles. The first-order valence-electron chi connectivity index (χ1n) is 5.14. The number of hydrogen-bond acceptors (Lipinski definition) is 1. The van der Waals surface area contributed by atoms with E-state index in [9.17, 15) is 5.11 Å². The average molecular weight is 233 g/mol. The minimum absolute atomic E-state index is 0.299. The lowest BCUT2D eigenvalue weighted by Crippen LogP contribution is -1.87. The summed E-state index contributed by atoms with van der Waals surface area (Å²) in [5.41, 5.74) is 4.39. The van der Waals surface area contributed by atoms with Crippen molar-refractivity contribution in [1.82, 2.24) is 0 Å². The molecule has 0 fully saturated rings.